The average molecular weight is 824 g/mol. The molecule has 4 aromatic carbocycles. The Hall–Kier alpha value is -6.21. The first-order valence-electron chi connectivity index (χ1n) is 20.3. The molecule has 13 heteroatoms. The molecule has 60 heavy (non-hydrogen) atoms. The maximum Gasteiger partial charge on any atom is 0.410 e. The summed E-state index contributed by atoms with van der Waals surface area (Å²) >= 11 is 1.74. The third-order valence-electron chi connectivity index (χ3n) is 10.9. The molecule has 11 nitrogen and oxygen atoms in total. The monoisotopic (exact) mass is 823 g/mol. The number of pyridine rings is 1. The number of ether oxygens (including phenoxy) is 3. The molecule has 306 valence electrons. The zero-order valence-electron chi connectivity index (χ0n) is 34.0. The van der Waals surface area contributed by atoms with E-state index in [-0.39, 0.29) is 42.0 Å². The van der Waals surface area contributed by atoms with Crippen LogP contribution in [0.4, 0.5) is 15.0 Å². The Morgan fingerprint density at radius 3 is 2.43 bits per heavy atom. The summed E-state index contributed by atoms with van der Waals surface area (Å²) < 4.78 is 37.8. The zero-order chi connectivity index (χ0) is 41.4. The summed E-state index contributed by atoms with van der Waals surface area (Å²) in [5, 5.41) is 2.15. The van der Waals surface area contributed by atoms with Crippen LogP contribution in [0.1, 0.15) is 45.0 Å². The lowest BCUT2D eigenvalue weighted by atomic mass is 10.00. The van der Waals surface area contributed by atoms with E-state index in [1.807, 2.05) is 116 Å². The SMILES string of the molecule is Cn1ccnc1CCOc1nc(N2C[C@H]3CC[C@@H](C2)N3C(=O)OC(C)(C)C)c2cnc(-c3cc(Oc4cccc(SCc5ccccc5)c4)cc4ccccc34)c(F)c2n1. The molecule has 2 fully saturated rings. The molecule has 0 saturated carbocycles. The van der Waals surface area contributed by atoms with Gasteiger partial charge in [0.2, 0.25) is 0 Å². The Kier molecular flexibility index (Phi) is 10.8. The number of anilines is 1. The predicted octanol–water partition coefficient (Wildman–Crippen LogP) is 10.0. The van der Waals surface area contributed by atoms with Gasteiger partial charge in [-0.15, -0.1) is 11.8 Å². The first kappa shape index (κ1) is 39.3. The van der Waals surface area contributed by atoms with Crippen LogP contribution in [0.5, 0.6) is 17.5 Å². The number of carbonyl (C=O) groups is 1. The quantitative estimate of drug-likeness (QED) is 0.117. The molecule has 2 bridgehead atoms. The number of rotatable bonds is 11. The number of nitrogens with zero attached hydrogens (tertiary/aromatic N) is 7. The molecule has 2 aliphatic heterocycles. The van der Waals surface area contributed by atoms with Crippen LogP contribution in [0, 0.1) is 5.82 Å². The molecule has 0 N–H and O–H groups in total. The lowest BCUT2D eigenvalue weighted by molar-refractivity contribution is 0.0122. The van der Waals surface area contributed by atoms with Gasteiger partial charge in [-0.3, -0.25) is 9.88 Å². The van der Waals surface area contributed by atoms with Gasteiger partial charge >= 0.3 is 12.1 Å². The largest absolute Gasteiger partial charge is 0.463 e. The summed E-state index contributed by atoms with van der Waals surface area (Å²) in [7, 11) is 1.93. The molecule has 1 amide bonds. The van der Waals surface area contributed by atoms with Crippen molar-refractivity contribution in [1.82, 2.24) is 29.4 Å². The van der Waals surface area contributed by atoms with Gasteiger partial charge in [-0.05, 0) is 80.3 Å². The fraction of sp³-hybridized carbons (Fsp3) is 0.298. The summed E-state index contributed by atoms with van der Waals surface area (Å²) in [5.41, 5.74) is 1.43. The molecule has 2 saturated heterocycles. The molecule has 0 aliphatic carbocycles. The first-order chi connectivity index (χ1) is 29.1. The van der Waals surface area contributed by atoms with Crippen LogP contribution in [0.15, 0.2) is 114 Å². The number of carbonyl (C=O) groups excluding carboxylic acids is 1. The van der Waals surface area contributed by atoms with Crippen molar-refractivity contribution in [2.45, 2.75) is 68.4 Å². The highest BCUT2D eigenvalue weighted by atomic mass is 32.2. The Bertz CT molecular complexity index is 2670. The Balaban J connectivity index is 1.06. The fourth-order valence-electron chi connectivity index (χ4n) is 8.12. The van der Waals surface area contributed by atoms with Crippen LogP contribution >= 0.6 is 11.8 Å². The molecule has 0 radical (unpaired) electrons. The molecular formula is C47H46FN7O4S. The summed E-state index contributed by atoms with van der Waals surface area (Å²) in [6.07, 6.45) is 7.12. The van der Waals surface area contributed by atoms with E-state index in [9.17, 15) is 4.79 Å². The first-order valence-corrected chi connectivity index (χ1v) is 21.2. The number of halogens is 1. The maximum atomic E-state index is 17.4. The van der Waals surface area contributed by atoms with Crippen molar-refractivity contribution in [2.75, 3.05) is 24.6 Å². The second-order valence-electron chi connectivity index (χ2n) is 16.3. The molecule has 7 aromatic rings. The zero-order valence-corrected chi connectivity index (χ0v) is 34.9. The summed E-state index contributed by atoms with van der Waals surface area (Å²) in [4.78, 5) is 37.1. The summed E-state index contributed by atoms with van der Waals surface area (Å²) in [6, 6.07) is 29.8. The van der Waals surface area contributed by atoms with E-state index in [0.717, 1.165) is 40.1 Å². The number of aryl methyl sites for hydroxylation is 1. The molecule has 0 unspecified atom stereocenters. The average Bonchev–Trinajstić information content (AvgIpc) is 3.77. The third-order valence-corrected chi connectivity index (χ3v) is 12.0. The van der Waals surface area contributed by atoms with E-state index in [4.69, 9.17) is 29.2 Å². The number of hydrogen-bond acceptors (Lipinski definition) is 10. The minimum atomic E-state index is -0.609. The predicted molar refractivity (Wildman–Crippen MR) is 232 cm³/mol. The number of amides is 1. The number of thioether (sulfide) groups is 1. The van der Waals surface area contributed by atoms with Crippen LogP contribution in [0.2, 0.25) is 0 Å². The van der Waals surface area contributed by atoms with Gasteiger partial charge in [-0.1, -0.05) is 60.7 Å². The Morgan fingerprint density at radius 2 is 1.67 bits per heavy atom. The topological polar surface area (TPSA) is 108 Å². The molecular weight excluding hydrogens is 778 g/mol. The van der Waals surface area contributed by atoms with Crippen molar-refractivity contribution >= 4 is 45.3 Å². The number of piperazine rings is 1. The van der Waals surface area contributed by atoms with Crippen LogP contribution in [-0.4, -0.2) is 72.9 Å². The van der Waals surface area contributed by atoms with E-state index in [0.29, 0.717) is 47.8 Å². The van der Waals surface area contributed by atoms with E-state index in [2.05, 4.69) is 28.1 Å². The van der Waals surface area contributed by atoms with Crippen molar-refractivity contribution in [2.24, 2.45) is 7.05 Å². The highest BCUT2D eigenvalue weighted by Crippen LogP contribution is 2.40. The summed E-state index contributed by atoms with van der Waals surface area (Å²) in [6.45, 7) is 6.85. The molecule has 0 spiro atoms. The van der Waals surface area contributed by atoms with Gasteiger partial charge < -0.3 is 23.7 Å². The fourth-order valence-corrected chi connectivity index (χ4v) is 9.02. The number of imidazole rings is 1. The lowest BCUT2D eigenvalue weighted by Crippen LogP contribution is -2.57. The van der Waals surface area contributed by atoms with Crippen LogP contribution in [0.3, 0.4) is 0 Å². The van der Waals surface area contributed by atoms with Crippen molar-refractivity contribution in [3.05, 3.63) is 127 Å². The van der Waals surface area contributed by atoms with Gasteiger partial charge in [0.1, 0.15) is 40.0 Å². The number of benzene rings is 4. The van der Waals surface area contributed by atoms with E-state index in [1.165, 1.54) is 5.56 Å². The van der Waals surface area contributed by atoms with Crippen molar-refractivity contribution < 1.29 is 23.4 Å². The van der Waals surface area contributed by atoms with Gasteiger partial charge in [0.15, 0.2) is 5.82 Å². The van der Waals surface area contributed by atoms with Gasteiger partial charge in [0.25, 0.3) is 0 Å². The van der Waals surface area contributed by atoms with E-state index < -0.39 is 11.4 Å². The molecule has 9 rings (SSSR count). The van der Waals surface area contributed by atoms with Gasteiger partial charge in [0, 0.05) is 61.4 Å². The van der Waals surface area contributed by atoms with E-state index >= 15 is 4.39 Å². The molecule has 3 aromatic heterocycles. The van der Waals surface area contributed by atoms with Crippen LogP contribution in [0.25, 0.3) is 32.9 Å². The van der Waals surface area contributed by atoms with E-state index in [1.54, 1.807) is 24.2 Å². The van der Waals surface area contributed by atoms with Crippen LogP contribution in [-0.2, 0) is 24.0 Å². The number of aromatic nitrogens is 5. The number of hydrogen-bond donors (Lipinski definition) is 0. The second-order valence-corrected chi connectivity index (χ2v) is 17.3. The van der Waals surface area contributed by atoms with Crippen molar-refractivity contribution in [3.8, 4) is 28.8 Å². The Labute approximate surface area is 352 Å². The highest BCUT2D eigenvalue weighted by Gasteiger charge is 2.45. The van der Waals surface area contributed by atoms with Gasteiger partial charge in [-0.2, -0.15) is 9.97 Å². The molecule has 5 heterocycles. The molecule has 2 aliphatic rings. The standard InChI is InChI=1S/C47H46FN7O4S/c1-47(2,3)59-46(56)55-32-17-18-33(55)28-54(27-32)44-39-26-50-42(41(48)43(39)51-45(52-44)57-22-19-40-49-20-21-53(40)4)38-25-35(23-31-13-8-9-16-37(31)38)58-34-14-10-15-36(24-34)60-29-30-11-6-5-7-12-30/h5-16,20-21,23-26,32-33H,17-19,22,27-29H2,1-4H3/t32-,33+. The maximum absolute atomic E-state index is 17.4. The molecule has 2 atom stereocenters. The van der Waals surface area contributed by atoms with Crippen molar-refractivity contribution in [1.29, 1.82) is 0 Å². The minimum absolute atomic E-state index is 0.0524. The highest BCUT2D eigenvalue weighted by molar-refractivity contribution is 7.98. The lowest BCUT2D eigenvalue weighted by Gasteiger charge is -2.42. The number of fused-ring (bicyclic) bond motifs is 4. The minimum Gasteiger partial charge on any atom is -0.463 e. The smallest absolute Gasteiger partial charge is 0.410 e. The third kappa shape index (κ3) is 8.31. The van der Waals surface area contributed by atoms with Gasteiger partial charge in [0.05, 0.1) is 24.1 Å². The normalized spacial score (nSPS) is 16.4. The van der Waals surface area contributed by atoms with Crippen LogP contribution < -0.4 is 14.4 Å². The summed E-state index contributed by atoms with van der Waals surface area (Å²) in [5.74, 6) is 2.82. The Morgan fingerprint density at radius 1 is 0.883 bits per heavy atom. The van der Waals surface area contributed by atoms with Crippen molar-refractivity contribution in [3.63, 3.8) is 0 Å². The second kappa shape index (κ2) is 16.4. The van der Waals surface area contributed by atoms with Gasteiger partial charge in [-0.25, -0.2) is 14.2 Å².